The second kappa shape index (κ2) is 8.73. The number of ketones is 1. The van der Waals surface area contributed by atoms with Crippen molar-refractivity contribution < 1.29 is 19.0 Å². The van der Waals surface area contributed by atoms with Crippen molar-refractivity contribution in [1.82, 2.24) is 9.88 Å². The number of rotatable bonds is 8. The van der Waals surface area contributed by atoms with E-state index in [1.54, 1.807) is 18.2 Å². The maximum Gasteiger partial charge on any atom is 0.194 e. The average Bonchev–Trinajstić information content (AvgIpc) is 2.64. The largest absolute Gasteiger partial charge is 0.497 e. The minimum absolute atomic E-state index is 0.210. The highest BCUT2D eigenvalue weighted by Crippen LogP contribution is 2.28. The van der Waals surface area contributed by atoms with Crippen molar-refractivity contribution in [1.29, 1.82) is 0 Å². The van der Waals surface area contributed by atoms with Crippen LogP contribution in [0.5, 0.6) is 17.2 Å². The molecule has 0 aliphatic carbocycles. The topological polar surface area (TPSA) is 60.9 Å². The summed E-state index contributed by atoms with van der Waals surface area (Å²) in [5.41, 5.74) is 1.30. The van der Waals surface area contributed by atoms with E-state index in [9.17, 15) is 4.79 Å². The number of allylic oxidation sites excluding steroid dienone is 1. The fourth-order valence-electron chi connectivity index (χ4n) is 2.11. The van der Waals surface area contributed by atoms with Crippen LogP contribution in [-0.4, -0.2) is 44.0 Å². The highest BCUT2D eigenvalue weighted by atomic mass is 16.5. The van der Waals surface area contributed by atoms with E-state index in [4.69, 9.17) is 14.2 Å². The van der Waals surface area contributed by atoms with Crippen molar-refractivity contribution in [2.75, 3.05) is 28.3 Å². The first-order valence-electron chi connectivity index (χ1n) is 7.71. The summed E-state index contributed by atoms with van der Waals surface area (Å²) in [5, 5.41) is 0. The molecule has 0 saturated heterocycles. The van der Waals surface area contributed by atoms with Crippen LogP contribution in [0.15, 0.2) is 48.9 Å². The third-order valence-corrected chi connectivity index (χ3v) is 3.42. The predicted molar refractivity (Wildman–Crippen MR) is 95.3 cm³/mol. The molecule has 0 fully saturated rings. The zero-order valence-electron chi connectivity index (χ0n) is 14.9. The smallest absolute Gasteiger partial charge is 0.194 e. The Hall–Kier alpha value is -3.02. The van der Waals surface area contributed by atoms with Gasteiger partial charge in [-0.2, -0.15) is 0 Å². The van der Waals surface area contributed by atoms with E-state index in [0.717, 1.165) is 11.3 Å². The zero-order chi connectivity index (χ0) is 18.2. The number of methoxy groups -OCH3 is 2. The Morgan fingerprint density at radius 3 is 2.36 bits per heavy atom. The Morgan fingerprint density at radius 1 is 1.08 bits per heavy atom. The van der Waals surface area contributed by atoms with Crippen molar-refractivity contribution in [3.63, 3.8) is 0 Å². The molecule has 0 aliphatic rings. The maximum absolute atomic E-state index is 12.5. The van der Waals surface area contributed by atoms with Crippen molar-refractivity contribution >= 4 is 5.78 Å². The third kappa shape index (κ3) is 4.97. The van der Waals surface area contributed by atoms with Gasteiger partial charge in [-0.3, -0.25) is 9.78 Å². The van der Waals surface area contributed by atoms with E-state index >= 15 is 0 Å². The third-order valence-electron chi connectivity index (χ3n) is 3.42. The molecule has 2 aromatic rings. The number of aromatic nitrogens is 1. The molecule has 2 rings (SSSR count). The molecular weight excluding hydrogens is 320 g/mol. The van der Waals surface area contributed by atoms with E-state index in [1.807, 2.05) is 38.4 Å². The van der Waals surface area contributed by atoms with Crippen molar-refractivity contribution in [3.05, 3.63) is 60.1 Å². The lowest BCUT2D eigenvalue weighted by Gasteiger charge is -2.13. The number of nitrogens with zero attached hydrogens (tertiary/aromatic N) is 2. The molecule has 25 heavy (non-hydrogen) atoms. The monoisotopic (exact) mass is 342 g/mol. The number of hydrogen-bond acceptors (Lipinski definition) is 6. The summed E-state index contributed by atoms with van der Waals surface area (Å²) in [6, 6.07) is 7.52. The first kappa shape index (κ1) is 18.3. The molecule has 1 aromatic carbocycles. The summed E-state index contributed by atoms with van der Waals surface area (Å²) < 4.78 is 16.2. The molecule has 1 aromatic heterocycles. The van der Waals surface area contributed by atoms with Crippen LogP contribution >= 0.6 is 0 Å². The van der Waals surface area contributed by atoms with Crippen LogP contribution in [0.25, 0.3) is 0 Å². The molecule has 0 amide bonds. The van der Waals surface area contributed by atoms with Crippen LogP contribution in [-0.2, 0) is 6.61 Å². The van der Waals surface area contributed by atoms with Crippen LogP contribution in [0, 0.1) is 0 Å². The van der Waals surface area contributed by atoms with E-state index in [2.05, 4.69) is 4.98 Å². The number of pyridine rings is 1. The van der Waals surface area contributed by atoms with E-state index in [0.29, 0.717) is 23.7 Å². The highest BCUT2D eigenvalue weighted by Gasteiger charge is 2.17. The maximum atomic E-state index is 12.5. The summed E-state index contributed by atoms with van der Waals surface area (Å²) in [7, 11) is 6.80. The summed E-state index contributed by atoms with van der Waals surface area (Å²) >= 11 is 0. The van der Waals surface area contributed by atoms with Crippen LogP contribution in [0.3, 0.4) is 0 Å². The summed E-state index contributed by atoms with van der Waals surface area (Å²) in [4.78, 5) is 18.4. The van der Waals surface area contributed by atoms with E-state index in [1.165, 1.54) is 25.6 Å². The molecule has 0 unspecified atom stereocenters. The van der Waals surface area contributed by atoms with Crippen molar-refractivity contribution in [2.45, 2.75) is 6.61 Å². The molecule has 0 atom stereocenters. The first-order chi connectivity index (χ1) is 12.0. The molecule has 6 heteroatoms. The minimum atomic E-state index is -0.210. The average molecular weight is 342 g/mol. The van der Waals surface area contributed by atoms with Gasteiger partial charge in [0, 0.05) is 26.4 Å². The standard InChI is InChI=1S/C19H22N2O4/c1-21(2)10-9-16(22)19-17(24-4)11-20-12-18(19)25-13-14-5-7-15(23-3)8-6-14/h5-12H,13H2,1-4H3. The van der Waals surface area contributed by atoms with E-state index in [-0.39, 0.29) is 5.78 Å². The Morgan fingerprint density at radius 2 is 1.76 bits per heavy atom. The Balaban J connectivity index is 2.22. The molecule has 132 valence electrons. The lowest BCUT2D eigenvalue weighted by atomic mass is 10.1. The number of hydrogen-bond donors (Lipinski definition) is 0. The molecule has 0 N–H and O–H groups in total. The summed E-state index contributed by atoms with van der Waals surface area (Å²) in [6.45, 7) is 0.302. The number of ether oxygens (including phenoxy) is 3. The Bertz CT molecular complexity index is 740. The van der Waals surface area contributed by atoms with Crippen LogP contribution in [0.2, 0.25) is 0 Å². The van der Waals surface area contributed by atoms with Crippen LogP contribution < -0.4 is 14.2 Å². The van der Waals surface area contributed by atoms with Gasteiger partial charge in [-0.25, -0.2) is 0 Å². The van der Waals surface area contributed by atoms with Gasteiger partial charge in [0.2, 0.25) is 0 Å². The zero-order valence-corrected chi connectivity index (χ0v) is 14.9. The van der Waals surface area contributed by atoms with Gasteiger partial charge < -0.3 is 19.1 Å². The van der Waals surface area contributed by atoms with Gasteiger partial charge in [0.05, 0.1) is 26.6 Å². The molecule has 0 saturated carbocycles. The molecule has 1 heterocycles. The Kier molecular flexibility index (Phi) is 6.39. The van der Waals surface area contributed by atoms with Gasteiger partial charge in [0.25, 0.3) is 0 Å². The molecular formula is C19H22N2O4. The van der Waals surface area contributed by atoms with Gasteiger partial charge in [-0.1, -0.05) is 12.1 Å². The summed E-state index contributed by atoms with van der Waals surface area (Å²) in [6.07, 6.45) is 6.16. The van der Waals surface area contributed by atoms with Crippen LogP contribution in [0.4, 0.5) is 0 Å². The molecule has 0 bridgehead atoms. The van der Waals surface area contributed by atoms with Crippen molar-refractivity contribution in [3.8, 4) is 17.2 Å². The fraction of sp³-hybridized carbons (Fsp3) is 0.263. The molecule has 0 radical (unpaired) electrons. The van der Waals surface area contributed by atoms with Crippen molar-refractivity contribution in [2.24, 2.45) is 0 Å². The molecule has 6 nitrogen and oxygen atoms in total. The van der Waals surface area contributed by atoms with Gasteiger partial charge >= 0.3 is 0 Å². The normalized spacial score (nSPS) is 10.6. The summed E-state index contributed by atoms with van der Waals surface area (Å²) in [5.74, 6) is 1.32. The minimum Gasteiger partial charge on any atom is -0.497 e. The second-order valence-corrected chi connectivity index (χ2v) is 5.50. The fourth-order valence-corrected chi connectivity index (χ4v) is 2.11. The number of benzene rings is 1. The number of carbonyl (C=O) groups excluding carboxylic acids is 1. The predicted octanol–water partition coefficient (Wildman–Crippen LogP) is 2.94. The SMILES string of the molecule is COc1ccc(COc2cncc(OC)c2C(=O)C=CN(C)C)cc1. The second-order valence-electron chi connectivity index (χ2n) is 5.50. The first-order valence-corrected chi connectivity index (χ1v) is 7.71. The molecule has 0 aliphatic heterocycles. The van der Waals surface area contributed by atoms with Gasteiger partial charge in [-0.15, -0.1) is 0 Å². The molecule has 0 spiro atoms. The van der Waals surface area contributed by atoms with E-state index < -0.39 is 0 Å². The van der Waals surface area contributed by atoms with Gasteiger partial charge in [0.1, 0.15) is 17.9 Å². The van der Waals surface area contributed by atoms with Gasteiger partial charge in [0.15, 0.2) is 17.3 Å². The highest BCUT2D eigenvalue weighted by molar-refractivity contribution is 6.08. The lowest BCUT2D eigenvalue weighted by Crippen LogP contribution is -2.07. The lowest BCUT2D eigenvalue weighted by molar-refractivity contribution is 0.103. The Labute approximate surface area is 147 Å². The quantitative estimate of drug-likeness (QED) is 0.543. The number of carbonyl (C=O) groups is 1. The van der Waals surface area contributed by atoms with Gasteiger partial charge in [-0.05, 0) is 17.7 Å². The van der Waals surface area contributed by atoms with Crippen LogP contribution in [0.1, 0.15) is 15.9 Å².